The van der Waals surface area contributed by atoms with Gasteiger partial charge >= 0.3 is 0 Å². The van der Waals surface area contributed by atoms with Crippen LogP contribution in [0.2, 0.25) is 0 Å². The van der Waals surface area contributed by atoms with Gasteiger partial charge in [0.25, 0.3) is 0 Å². The zero-order valence-electron chi connectivity index (χ0n) is 17.2. The molecule has 1 N–H and O–H groups in total. The summed E-state index contributed by atoms with van der Waals surface area (Å²) in [7, 11) is 0. The maximum Gasteiger partial charge on any atom is 0.225 e. The molecule has 1 amide bonds. The van der Waals surface area contributed by atoms with Gasteiger partial charge in [0.2, 0.25) is 5.91 Å². The number of amides is 1. The normalized spacial score (nSPS) is 25.6. The largest absolute Gasteiger partial charge is 0.356 e. The minimum absolute atomic E-state index is 0.0935. The van der Waals surface area contributed by atoms with Gasteiger partial charge in [0.15, 0.2) is 0 Å². The predicted octanol–water partition coefficient (Wildman–Crippen LogP) is 3.46. The minimum atomic E-state index is 0.0935. The van der Waals surface area contributed by atoms with Crippen molar-refractivity contribution in [1.82, 2.24) is 15.2 Å². The zero-order chi connectivity index (χ0) is 19.2. The van der Waals surface area contributed by atoms with E-state index < -0.39 is 0 Å². The van der Waals surface area contributed by atoms with Crippen LogP contribution >= 0.6 is 0 Å². The Labute approximate surface area is 169 Å². The van der Waals surface area contributed by atoms with Gasteiger partial charge in [0.1, 0.15) is 5.82 Å². The Morgan fingerprint density at radius 2 is 1.82 bits per heavy atom. The molecule has 1 aliphatic carbocycles. The highest BCUT2D eigenvalue weighted by Crippen LogP contribution is 2.26. The molecule has 3 aliphatic rings. The van der Waals surface area contributed by atoms with Crippen molar-refractivity contribution in [1.29, 1.82) is 0 Å². The molecule has 3 heterocycles. The smallest absolute Gasteiger partial charge is 0.225 e. The first-order valence-electron chi connectivity index (χ1n) is 11.5. The molecule has 0 bridgehead atoms. The number of hydrogen-bond donors (Lipinski definition) is 1. The van der Waals surface area contributed by atoms with Crippen molar-refractivity contribution in [2.75, 3.05) is 37.6 Å². The summed E-state index contributed by atoms with van der Waals surface area (Å²) in [5, 5.41) is 3.37. The Morgan fingerprint density at radius 3 is 2.57 bits per heavy atom. The van der Waals surface area contributed by atoms with Crippen molar-refractivity contribution in [2.24, 2.45) is 11.8 Å². The van der Waals surface area contributed by atoms with E-state index >= 15 is 0 Å². The van der Waals surface area contributed by atoms with Gasteiger partial charge in [-0.05, 0) is 56.6 Å². The number of anilines is 1. The number of carbonyl (C=O) groups is 1. The van der Waals surface area contributed by atoms with Crippen LogP contribution < -0.4 is 10.2 Å². The molecular weight excluding hydrogens is 348 g/mol. The van der Waals surface area contributed by atoms with Gasteiger partial charge < -0.3 is 15.1 Å². The van der Waals surface area contributed by atoms with Crippen LogP contribution in [0, 0.1) is 11.8 Å². The van der Waals surface area contributed by atoms with Gasteiger partial charge in [-0.3, -0.25) is 4.79 Å². The van der Waals surface area contributed by atoms with Crippen LogP contribution in [-0.2, 0) is 4.79 Å². The van der Waals surface area contributed by atoms with Gasteiger partial charge in [-0.25, -0.2) is 4.98 Å². The van der Waals surface area contributed by atoms with E-state index in [4.69, 9.17) is 0 Å². The van der Waals surface area contributed by atoms with Gasteiger partial charge in [-0.2, -0.15) is 0 Å². The maximum absolute atomic E-state index is 12.9. The second-order valence-electron chi connectivity index (χ2n) is 9.06. The second-order valence-corrected chi connectivity index (χ2v) is 9.06. The zero-order valence-corrected chi connectivity index (χ0v) is 17.2. The van der Waals surface area contributed by atoms with Crippen LogP contribution in [0.4, 0.5) is 5.82 Å². The lowest BCUT2D eigenvalue weighted by molar-refractivity contribution is -0.126. The standard InChI is InChI=1S/C23H36N4O/c28-23(20-9-6-14-27(18-20)22-10-4-5-13-24-22)25-21-11-15-26(16-12-21)17-19-7-2-1-3-8-19/h4-5,10,13,19-21H,1-3,6-9,11-12,14-18H2,(H,25,28). The fourth-order valence-electron chi connectivity index (χ4n) is 5.25. The molecule has 2 aliphatic heterocycles. The molecule has 1 atom stereocenters. The molecule has 5 nitrogen and oxygen atoms in total. The highest BCUT2D eigenvalue weighted by Gasteiger charge is 2.29. The summed E-state index contributed by atoms with van der Waals surface area (Å²) in [6.07, 6.45) is 13.2. The molecule has 1 unspecified atom stereocenters. The molecular formula is C23H36N4O. The van der Waals surface area contributed by atoms with Crippen molar-refractivity contribution in [3.8, 4) is 0 Å². The molecule has 3 fully saturated rings. The molecule has 0 spiro atoms. The second kappa shape index (κ2) is 9.73. The molecule has 1 saturated carbocycles. The number of aromatic nitrogens is 1. The third-order valence-electron chi connectivity index (χ3n) is 6.94. The molecule has 4 rings (SSSR count). The summed E-state index contributed by atoms with van der Waals surface area (Å²) in [4.78, 5) is 22.2. The number of nitrogens with one attached hydrogen (secondary N) is 1. The van der Waals surface area contributed by atoms with E-state index in [1.54, 1.807) is 0 Å². The Morgan fingerprint density at radius 1 is 1.00 bits per heavy atom. The average molecular weight is 385 g/mol. The van der Waals surface area contributed by atoms with Crippen LogP contribution in [0.3, 0.4) is 0 Å². The Kier molecular flexibility index (Phi) is 6.84. The van der Waals surface area contributed by atoms with Crippen molar-refractivity contribution >= 4 is 11.7 Å². The molecule has 5 heteroatoms. The Bertz CT molecular complexity index is 608. The first-order valence-corrected chi connectivity index (χ1v) is 11.5. The summed E-state index contributed by atoms with van der Waals surface area (Å²) in [5.41, 5.74) is 0. The van der Waals surface area contributed by atoms with Gasteiger partial charge in [-0.15, -0.1) is 0 Å². The lowest BCUT2D eigenvalue weighted by atomic mass is 9.88. The van der Waals surface area contributed by atoms with Gasteiger partial charge in [-0.1, -0.05) is 25.3 Å². The number of rotatable bonds is 5. The number of carbonyl (C=O) groups excluding carboxylic acids is 1. The fraction of sp³-hybridized carbons (Fsp3) is 0.739. The van der Waals surface area contributed by atoms with Crippen LogP contribution in [0.15, 0.2) is 24.4 Å². The molecule has 1 aromatic heterocycles. The maximum atomic E-state index is 12.9. The minimum Gasteiger partial charge on any atom is -0.356 e. The Hall–Kier alpha value is -1.62. The van der Waals surface area contributed by atoms with E-state index in [-0.39, 0.29) is 11.8 Å². The van der Waals surface area contributed by atoms with Crippen LogP contribution in [0.1, 0.15) is 57.8 Å². The molecule has 154 valence electrons. The molecule has 1 aromatic rings. The quantitative estimate of drug-likeness (QED) is 0.845. The first-order chi connectivity index (χ1) is 13.8. The number of likely N-dealkylation sites (tertiary alicyclic amines) is 1. The van der Waals surface area contributed by atoms with Crippen LogP contribution in [-0.4, -0.2) is 54.6 Å². The van der Waals surface area contributed by atoms with Crippen molar-refractivity contribution in [3.05, 3.63) is 24.4 Å². The number of hydrogen-bond acceptors (Lipinski definition) is 4. The van der Waals surface area contributed by atoms with Crippen molar-refractivity contribution < 1.29 is 4.79 Å². The number of pyridine rings is 1. The number of piperidine rings is 2. The van der Waals surface area contributed by atoms with E-state index in [9.17, 15) is 4.79 Å². The van der Waals surface area contributed by atoms with E-state index in [2.05, 4.69) is 20.1 Å². The Balaban J connectivity index is 1.21. The monoisotopic (exact) mass is 384 g/mol. The predicted molar refractivity (Wildman–Crippen MR) is 113 cm³/mol. The number of nitrogens with zero attached hydrogens (tertiary/aromatic N) is 3. The highest BCUT2D eigenvalue weighted by atomic mass is 16.2. The lowest BCUT2D eigenvalue weighted by Gasteiger charge is -2.37. The topological polar surface area (TPSA) is 48.5 Å². The summed E-state index contributed by atoms with van der Waals surface area (Å²) in [6.45, 7) is 5.37. The van der Waals surface area contributed by atoms with Crippen LogP contribution in [0.5, 0.6) is 0 Å². The molecule has 28 heavy (non-hydrogen) atoms. The van der Waals surface area contributed by atoms with Crippen molar-refractivity contribution in [2.45, 2.75) is 63.8 Å². The van der Waals surface area contributed by atoms with Crippen LogP contribution in [0.25, 0.3) is 0 Å². The highest BCUT2D eigenvalue weighted by molar-refractivity contribution is 5.79. The van der Waals surface area contributed by atoms with Gasteiger partial charge in [0.05, 0.1) is 5.92 Å². The SMILES string of the molecule is O=C(NC1CCN(CC2CCCCC2)CC1)C1CCCN(c2ccccn2)C1. The summed E-state index contributed by atoms with van der Waals surface area (Å²) in [6, 6.07) is 6.37. The van der Waals surface area contributed by atoms with Crippen molar-refractivity contribution in [3.63, 3.8) is 0 Å². The molecule has 0 radical (unpaired) electrons. The van der Waals surface area contributed by atoms with E-state index in [1.807, 2.05) is 24.4 Å². The average Bonchev–Trinajstić information content (AvgIpc) is 2.76. The van der Waals surface area contributed by atoms with E-state index in [0.717, 1.165) is 63.6 Å². The summed E-state index contributed by atoms with van der Waals surface area (Å²) in [5.74, 6) is 2.26. The van der Waals surface area contributed by atoms with Gasteiger partial charge in [0, 0.05) is 45.0 Å². The third kappa shape index (κ3) is 5.25. The summed E-state index contributed by atoms with van der Waals surface area (Å²) >= 11 is 0. The van der Waals surface area contributed by atoms with E-state index in [0.29, 0.717) is 6.04 Å². The first kappa shape index (κ1) is 19.7. The molecule has 0 aromatic carbocycles. The lowest BCUT2D eigenvalue weighted by Crippen LogP contribution is -2.50. The molecule has 2 saturated heterocycles. The third-order valence-corrected chi connectivity index (χ3v) is 6.94. The summed E-state index contributed by atoms with van der Waals surface area (Å²) < 4.78 is 0. The van der Waals surface area contributed by atoms with E-state index in [1.165, 1.54) is 38.6 Å². The fourth-order valence-corrected chi connectivity index (χ4v) is 5.25.